The third-order valence-corrected chi connectivity index (χ3v) is 7.97. The summed E-state index contributed by atoms with van der Waals surface area (Å²) in [5.41, 5.74) is 4.70. The number of sulfone groups is 1. The highest BCUT2D eigenvalue weighted by atomic mass is 32.2. The van der Waals surface area contributed by atoms with Crippen LogP contribution in [-0.2, 0) is 9.84 Å². The SMILES string of the molecule is CC(c1ccc(-c2cn3c4c(nc3cc2F)[C@H](O)C[C@@H]4c2ccccc2)cc1)S(C)(=O)=O. The highest BCUT2D eigenvalue weighted by molar-refractivity contribution is 7.90. The second-order valence-corrected chi connectivity index (χ2v) is 10.8. The van der Waals surface area contributed by atoms with Gasteiger partial charge in [-0.05, 0) is 30.0 Å². The summed E-state index contributed by atoms with van der Waals surface area (Å²) in [6.07, 6.45) is 2.77. The first-order valence-corrected chi connectivity index (χ1v) is 12.4. The molecule has 0 saturated carbocycles. The molecule has 1 aliphatic rings. The maximum Gasteiger partial charge on any atom is 0.154 e. The maximum atomic E-state index is 15.0. The molecule has 5 rings (SSSR count). The molecule has 3 atom stereocenters. The lowest BCUT2D eigenvalue weighted by atomic mass is 9.96. The summed E-state index contributed by atoms with van der Waals surface area (Å²) in [5, 5.41) is 9.97. The van der Waals surface area contributed by atoms with Gasteiger partial charge in [0.25, 0.3) is 0 Å². The Morgan fingerprint density at radius 3 is 2.47 bits per heavy atom. The normalized spacial score (nSPS) is 19.2. The molecule has 0 fully saturated rings. The summed E-state index contributed by atoms with van der Waals surface area (Å²) >= 11 is 0. The summed E-state index contributed by atoms with van der Waals surface area (Å²) in [6.45, 7) is 1.64. The Morgan fingerprint density at radius 2 is 1.81 bits per heavy atom. The van der Waals surface area contributed by atoms with E-state index in [-0.39, 0.29) is 5.92 Å². The van der Waals surface area contributed by atoms with E-state index < -0.39 is 27.0 Å². The maximum absolute atomic E-state index is 15.0. The van der Waals surface area contributed by atoms with Gasteiger partial charge in [0, 0.05) is 30.0 Å². The van der Waals surface area contributed by atoms with Crippen LogP contribution in [0.15, 0.2) is 66.9 Å². The van der Waals surface area contributed by atoms with Crippen molar-refractivity contribution >= 4 is 15.5 Å². The van der Waals surface area contributed by atoms with Gasteiger partial charge >= 0.3 is 0 Å². The van der Waals surface area contributed by atoms with Gasteiger partial charge in [-0.2, -0.15) is 0 Å². The van der Waals surface area contributed by atoms with Crippen molar-refractivity contribution in [1.29, 1.82) is 0 Å². The number of hydrogen-bond donors (Lipinski definition) is 1. The zero-order chi connectivity index (χ0) is 22.6. The fourth-order valence-electron chi connectivity index (χ4n) is 4.51. The first-order valence-electron chi connectivity index (χ1n) is 10.5. The van der Waals surface area contributed by atoms with E-state index in [9.17, 15) is 13.5 Å². The molecule has 1 aliphatic carbocycles. The van der Waals surface area contributed by atoms with Gasteiger partial charge in [0.15, 0.2) is 9.84 Å². The average molecular weight is 451 g/mol. The third-order valence-electron chi connectivity index (χ3n) is 6.42. The Balaban J connectivity index is 1.61. The molecule has 32 heavy (non-hydrogen) atoms. The van der Waals surface area contributed by atoms with Crippen LogP contribution in [0.4, 0.5) is 4.39 Å². The van der Waals surface area contributed by atoms with Crippen molar-refractivity contribution in [3.05, 3.63) is 95.2 Å². The van der Waals surface area contributed by atoms with E-state index in [1.165, 1.54) is 12.3 Å². The van der Waals surface area contributed by atoms with Crippen LogP contribution >= 0.6 is 0 Å². The Morgan fingerprint density at radius 1 is 1.12 bits per heavy atom. The fraction of sp³-hybridized carbons (Fsp3) is 0.240. The summed E-state index contributed by atoms with van der Waals surface area (Å²) in [4.78, 5) is 4.52. The second-order valence-electron chi connectivity index (χ2n) is 8.45. The van der Waals surface area contributed by atoms with Gasteiger partial charge in [0.05, 0.1) is 22.7 Å². The molecule has 2 aromatic heterocycles. The van der Waals surface area contributed by atoms with Crippen molar-refractivity contribution in [2.75, 3.05) is 6.26 Å². The van der Waals surface area contributed by atoms with E-state index in [0.29, 0.717) is 34.5 Å². The molecular formula is C25H23FN2O3S. The number of aliphatic hydroxyl groups excluding tert-OH is 1. The predicted octanol–water partition coefficient (Wildman–Crippen LogP) is 4.82. The Bertz CT molecular complexity index is 1410. The van der Waals surface area contributed by atoms with Crippen LogP contribution in [0.1, 0.15) is 53.1 Å². The number of pyridine rings is 1. The third kappa shape index (κ3) is 3.42. The lowest BCUT2D eigenvalue weighted by Gasteiger charge is -2.14. The number of aliphatic hydroxyl groups is 1. The van der Waals surface area contributed by atoms with Crippen LogP contribution in [0.5, 0.6) is 0 Å². The Kier molecular flexibility index (Phi) is 4.91. The molecule has 0 bridgehead atoms. The van der Waals surface area contributed by atoms with Crippen molar-refractivity contribution in [3.8, 4) is 11.1 Å². The fourth-order valence-corrected chi connectivity index (χ4v) is 5.16. The van der Waals surface area contributed by atoms with E-state index in [1.807, 2.05) is 34.7 Å². The topological polar surface area (TPSA) is 71.7 Å². The number of rotatable bonds is 4. The lowest BCUT2D eigenvalue weighted by Crippen LogP contribution is -2.07. The molecule has 0 aliphatic heterocycles. The summed E-state index contributed by atoms with van der Waals surface area (Å²) in [5.74, 6) is -0.455. The van der Waals surface area contributed by atoms with E-state index in [2.05, 4.69) is 4.98 Å². The van der Waals surface area contributed by atoms with Gasteiger partial charge in [-0.15, -0.1) is 0 Å². The minimum atomic E-state index is -3.22. The van der Waals surface area contributed by atoms with Crippen molar-refractivity contribution in [3.63, 3.8) is 0 Å². The standard InChI is InChI=1S/C25H23FN2O3S/c1-15(32(2,30)31)16-8-10-18(11-9-16)20-14-28-23(13-21(20)26)27-24-22(29)12-19(25(24)28)17-6-4-3-5-7-17/h3-11,13-15,19,22,29H,12H2,1-2H3/t15?,19-,22-/m1/s1. The molecule has 0 saturated heterocycles. The Hall–Kier alpha value is -3.03. The van der Waals surface area contributed by atoms with Gasteiger partial charge in [0.1, 0.15) is 11.5 Å². The van der Waals surface area contributed by atoms with Crippen LogP contribution in [0.25, 0.3) is 16.8 Å². The molecule has 0 radical (unpaired) electrons. The Labute approximate surface area is 186 Å². The number of aromatic nitrogens is 2. The molecule has 1 N–H and O–H groups in total. The molecule has 5 nitrogen and oxygen atoms in total. The summed E-state index contributed by atoms with van der Waals surface area (Å²) < 4.78 is 40.6. The van der Waals surface area contributed by atoms with Gasteiger partial charge in [0.2, 0.25) is 0 Å². The molecule has 2 aromatic carbocycles. The average Bonchev–Trinajstić information content (AvgIpc) is 3.29. The number of nitrogens with zero attached hydrogens (tertiary/aromatic N) is 2. The highest BCUT2D eigenvalue weighted by Gasteiger charge is 2.36. The van der Waals surface area contributed by atoms with Gasteiger partial charge in [-0.1, -0.05) is 54.6 Å². The number of halogens is 1. The number of imidazole rings is 1. The highest BCUT2D eigenvalue weighted by Crippen LogP contribution is 2.44. The molecule has 2 heterocycles. The van der Waals surface area contributed by atoms with Crippen LogP contribution in [0.2, 0.25) is 0 Å². The summed E-state index contributed by atoms with van der Waals surface area (Å²) in [6, 6.07) is 18.2. The largest absolute Gasteiger partial charge is 0.387 e. The zero-order valence-corrected chi connectivity index (χ0v) is 18.6. The van der Waals surface area contributed by atoms with Crippen LogP contribution in [0.3, 0.4) is 0 Å². The van der Waals surface area contributed by atoms with Crippen LogP contribution in [-0.4, -0.2) is 29.2 Å². The quantitative estimate of drug-likeness (QED) is 0.484. The minimum Gasteiger partial charge on any atom is -0.387 e. The minimum absolute atomic E-state index is 0.0347. The molecular weight excluding hydrogens is 427 g/mol. The van der Waals surface area contributed by atoms with Gasteiger partial charge in [-0.25, -0.2) is 17.8 Å². The molecule has 1 unspecified atom stereocenters. The summed E-state index contributed by atoms with van der Waals surface area (Å²) in [7, 11) is -3.22. The van der Waals surface area contributed by atoms with E-state index in [4.69, 9.17) is 0 Å². The molecule has 7 heteroatoms. The predicted molar refractivity (Wildman–Crippen MR) is 122 cm³/mol. The van der Waals surface area contributed by atoms with E-state index in [0.717, 1.165) is 11.3 Å². The van der Waals surface area contributed by atoms with Gasteiger partial charge < -0.3 is 9.51 Å². The first-order chi connectivity index (χ1) is 15.2. The van der Waals surface area contributed by atoms with E-state index >= 15 is 4.39 Å². The lowest BCUT2D eigenvalue weighted by molar-refractivity contribution is 0.172. The number of fused-ring (bicyclic) bond motifs is 3. The van der Waals surface area contributed by atoms with Crippen molar-refractivity contribution in [1.82, 2.24) is 9.38 Å². The van der Waals surface area contributed by atoms with Crippen molar-refractivity contribution in [2.24, 2.45) is 0 Å². The van der Waals surface area contributed by atoms with Crippen molar-refractivity contribution < 1.29 is 17.9 Å². The van der Waals surface area contributed by atoms with E-state index in [1.54, 1.807) is 37.4 Å². The number of benzene rings is 2. The first kappa shape index (κ1) is 20.8. The van der Waals surface area contributed by atoms with Crippen LogP contribution < -0.4 is 0 Å². The number of hydrogen-bond acceptors (Lipinski definition) is 4. The van der Waals surface area contributed by atoms with Crippen molar-refractivity contribution in [2.45, 2.75) is 30.6 Å². The molecule has 0 spiro atoms. The molecule has 164 valence electrons. The molecule has 4 aromatic rings. The smallest absolute Gasteiger partial charge is 0.154 e. The molecule has 0 amide bonds. The second kappa shape index (κ2) is 7.53. The zero-order valence-electron chi connectivity index (χ0n) is 17.7. The van der Waals surface area contributed by atoms with Gasteiger partial charge in [-0.3, -0.25) is 0 Å². The van der Waals surface area contributed by atoms with Crippen LogP contribution in [0, 0.1) is 5.82 Å². The monoisotopic (exact) mass is 450 g/mol.